The van der Waals surface area contributed by atoms with Crippen molar-refractivity contribution >= 4 is 23.6 Å². The summed E-state index contributed by atoms with van der Waals surface area (Å²) in [4.78, 5) is 24.2. The van der Waals surface area contributed by atoms with Crippen LogP contribution in [0.3, 0.4) is 0 Å². The van der Waals surface area contributed by atoms with E-state index in [1.54, 1.807) is 55.7 Å². The van der Waals surface area contributed by atoms with Crippen molar-refractivity contribution in [2.24, 2.45) is 0 Å². The molecule has 2 aromatic rings. The van der Waals surface area contributed by atoms with Gasteiger partial charge >= 0.3 is 0 Å². The summed E-state index contributed by atoms with van der Waals surface area (Å²) in [6.45, 7) is 1.33. The first kappa shape index (κ1) is 19.8. The lowest BCUT2D eigenvalue weighted by Crippen LogP contribution is -2.28. The summed E-state index contributed by atoms with van der Waals surface area (Å²) in [7, 11) is 4.61. The van der Waals surface area contributed by atoms with Crippen LogP contribution < -0.4 is 24.8 Å². The molecule has 0 aliphatic carbocycles. The van der Waals surface area contributed by atoms with Gasteiger partial charge in [0.2, 0.25) is 5.91 Å². The topological polar surface area (TPSA) is 85.9 Å². The predicted molar refractivity (Wildman–Crippen MR) is 103 cm³/mol. The zero-order valence-corrected chi connectivity index (χ0v) is 15.7. The smallest absolute Gasteiger partial charge is 0.272 e. The molecule has 0 aliphatic rings. The molecule has 0 atom stereocenters. The Morgan fingerprint density at radius 2 is 1.67 bits per heavy atom. The molecule has 2 rings (SSSR count). The van der Waals surface area contributed by atoms with E-state index in [0.29, 0.717) is 28.5 Å². The van der Waals surface area contributed by atoms with E-state index in [2.05, 4.69) is 10.6 Å². The van der Waals surface area contributed by atoms with E-state index in [1.807, 2.05) is 0 Å². The Kier molecular flexibility index (Phi) is 6.82. The molecule has 0 fully saturated rings. The van der Waals surface area contributed by atoms with Gasteiger partial charge in [0.25, 0.3) is 5.91 Å². The van der Waals surface area contributed by atoms with Crippen LogP contribution in [0.15, 0.2) is 48.2 Å². The quantitative estimate of drug-likeness (QED) is 0.732. The van der Waals surface area contributed by atoms with Crippen LogP contribution in [-0.2, 0) is 9.59 Å². The van der Waals surface area contributed by atoms with Gasteiger partial charge in [0.1, 0.15) is 11.4 Å². The minimum Gasteiger partial charge on any atom is -0.497 e. The number of carbonyl (C=O) groups excluding carboxylic acids is 2. The van der Waals surface area contributed by atoms with Crippen molar-refractivity contribution in [3.05, 3.63) is 53.7 Å². The van der Waals surface area contributed by atoms with E-state index in [0.717, 1.165) is 0 Å². The number of ether oxygens (including phenoxy) is 3. The minimum absolute atomic E-state index is 0.0949. The van der Waals surface area contributed by atoms with Crippen molar-refractivity contribution in [1.82, 2.24) is 5.32 Å². The number of amides is 2. The second-order valence-corrected chi connectivity index (χ2v) is 5.54. The van der Waals surface area contributed by atoms with Gasteiger partial charge in [0, 0.05) is 18.7 Å². The van der Waals surface area contributed by atoms with Crippen LogP contribution in [0.25, 0.3) is 6.08 Å². The average Bonchev–Trinajstić information content (AvgIpc) is 2.67. The summed E-state index contributed by atoms with van der Waals surface area (Å²) >= 11 is 0. The Morgan fingerprint density at radius 3 is 2.30 bits per heavy atom. The fourth-order valence-electron chi connectivity index (χ4n) is 2.36. The molecule has 0 bridgehead atoms. The number of nitrogens with one attached hydrogen (secondary N) is 2. The molecular formula is C20H22N2O5. The fraction of sp³-hybridized carbons (Fsp3) is 0.200. The number of anilines is 1. The third-order valence-corrected chi connectivity index (χ3v) is 3.60. The van der Waals surface area contributed by atoms with Gasteiger partial charge in [0.05, 0.1) is 21.3 Å². The maximum absolute atomic E-state index is 12.6. The molecular weight excluding hydrogens is 348 g/mol. The summed E-state index contributed by atoms with van der Waals surface area (Å²) in [5.74, 6) is 0.867. The van der Waals surface area contributed by atoms with Gasteiger partial charge in [-0.3, -0.25) is 9.59 Å². The number of hydrogen-bond donors (Lipinski definition) is 2. The first-order valence-electron chi connectivity index (χ1n) is 8.13. The van der Waals surface area contributed by atoms with E-state index in [9.17, 15) is 9.59 Å². The van der Waals surface area contributed by atoms with Crippen molar-refractivity contribution in [3.8, 4) is 17.2 Å². The second kappa shape index (κ2) is 9.28. The molecule has 2 amide bonds. The molecule has 7 heteroatoms. The van der Waals surface area contributed by atoms with Crippen molar-refractivity contribution in [1.29, 1.82) is 0 Å². The molecule has 0 spiro atoms. The van der Waals surface area contributed by atoms with Crippen LogP contribution in [0.4, 0.5) is 5.69 Å². The Labute approximate surface area is 157 Å². The standard InChI is InChI=1S/C20H22N2O5/c1-13(23)21-17(10-14-8-9-18(26-3)19(11-14)27-4)20(24)22-15-6-5-7-16(12-15)25-2/h5-12H,1-4H3,(H,21,23)(H,22,24)/b17-10-. The predicted octanol–water partition coefficient (Wildman–Crippen LogP) is 2.83. The lowest BCUT2D eigenvalue weighted by Gasteiger charge is -2.12. The van der Waals surface area contributed by atoms with Crippen LogP contribution in [0.1, 0.15) is 12.5 Å². The Hall–Kier alpha value is -3.48. The van der Waals surface area contributed by atoms with Crippen LogP contribution in [-0.4, -0.2) is 33.1 Å². The monoisotopic (exact) mass is 370 g/mol. The number of methoxy groups -OCH3 is 3. The van der Waals surface area contributed by atoms with Crippen LogP contribution in [0.2, 0.25) is 0 Å². The van der Waals surface area contributed by atoms with Gasteiger partial charge in [-0.1, -0.05) is 12.1 Å². The molecule has 7 nitrogen and oxygen atoms in total. The van der Waals surface area contributed by atoms with Crippen molar-refractivity contribution < 1.29 is 23.8 Å². The maximum atomic E-state index is 12.6. The van der Waals surface area contributed by atoms with Gasteiger partial charge in [-0.15, -0.1) is 0 Å². The molecule has 0 radical (unpaired) electrons. The summed E-state index contributed by atoms with van der Waals surface area (Å²) in [6.07, 6.45) is 1.55. The highest BCUT2D eigenvalue weighted by Gasteiger charge is 2.13. The summed E-state index contributed by atoms with van der Waals surface area (Å²) in [5, 5.41) is 5.29. The van der Waals surface area contributed by atoms with E-state index < -0.39 is 5.91 Å². The minimum atomic E-state index is -0.465. The van der Waals surface area contributed by atoms with Crippen molar-refractivity contribution in [2.75, 3.05) is 26.6 Å². The number of carbonyl (C=O) groups is 2. The zero-order chi connectivity index (χ0) is 19.8. The van der Waals surface area contributed by atoms with E-state index in [-0.39, 0.29) is 11.6 Å². The Morgan fingerprint density at radius 1 is 0.926 bits per heavy atom. The Balaban J connectivity index is 2.31. The third-order valence-electron chi connectivity index (χ3n) is 3.60. The van der Waals surface area contributed by atoms with Gasteiger partial charge in [-0.25, -0.2) is 0 Å². The molecule has 2 aromatic carbocycles. The number of benzene rings is 2. The first-order valence-corrected chi connectivity index (χ1v) is 8.13. The summed E-state index contributed by atoms with van der Waals surface area (Å²) in [5.41, 5.74) is 1.30. The summed E-state index contributed by atoms with van der Waals surface area (Å²) < 4.78 is 15.6. The fourth-order valence-corrected chi connectivity index (χ4v) is 2.36. The van der Waals surface area contributed by atoms with E-state index >= 15 is 0 Å². The highest BCUT2D eigenvalue weighted by atomic mass is 16.5. The second-order valence-electron chi connectivity index (χ2n) is 5.54. The Bertz CT molecular complexity index is 861. The normalized spacial score (nSPS) is 10.7. The average molecular weight is 370 g/mol. The van der Waals surface area contributed by atoms with Crippen LogP contribution in [0, 0.1) is 0 Å². The van der Waals surface area contributed by atoms with Gasteiger partial charge in [0.15, 0.2) is 11.5 Å². The maximum Gasteiger partial charge on any atom is 0.272 e. The largest absolute Gasteiger partial charge is 0.497 e. The molecule has 0 aromatic heterocycles. The molecule has 0 heterocycles. The van der Waals surface area contributed by atoms with Crippen LogP contribution >= 0.6 is 0 Å². The highest BCUT2D eigenvalue weighted by molar-refractivity contribution is 6.08. The zero-order valence-electron chi connectivity index (χ0n) is 15.7. The van der Waals surface area contributed by atoms with E-state index in [4.69, 9.17) is 14.2 Å². The van der Waals surface area contributed by atoms with Gasteiger partial charge in [-0.2, -0.15) is 0 Å². The van der Waals surface area contributed by atoms with Crippen molar-refractivity contribution in [3.63, 3.8) is 0 Å². The molecule has 27 heavy (non-hydrogen) atoms. The first-order chi connectivity index (χ1) is 13.0. The lowest BCUT2D eigenvalue weighted by atomic mass is 10.1. The van der Waals surface area contributed by atoms with E-state index in [1.165, 1.54) is 21.1 Å². The molecule has 0 aliphatic heterocycles. The van der Waals surface area contributed by atoms with Gasteiger partial charge in [-0.05, 0) is 35.9 Å². The molecule has 0 saturated heterocycles. The summed E-state index contributed by atoms with van der Waals surface area (Å²) in [6, 6.07) is 12.1. The molecule has 142 valence electrons. The molecule has 0 unspecified atom stereocenters. The molecule has 0 saturated carbocycles. The number of hydrogen-bond acceptors (Lipinski definition) is 5. The number of rotatable bonds is 7. The lowest BCUT2D eigenvalue weighted by molar-refractivity contribution is -0.120. The van der Waals surface area contributed by atoms with Crippen molar-refractivity contribution in [2.45, 2.75) is 6.92 Å². The van der Waals surface area contributed by atoms with Crippen LogP contribution in [0.5, 0.6) is 17.2 Å². The highest BCUT2D eigenvalue weighted by Crippen LogP contribution is 2.28. The molecule has 2 N–H and O–H groups in total. The SMILES string of the molecule is COc1cccc(NC(=O)/C(=C/c2ccc(OC)c(OC)c2)NC(C)=O)c1. The van der Waals surface area contributed by atoms with Gasteiger partial charge < -0.3 is 24.8 Å². The third kappa shape index (κ3) is 5.50.